The number of benzene rings is 1. The van der Waals surface area contributed by atoms with E-state index in [1.807, 2.05) is 18.3 Å². The molecule has 12 heavy (non-hydrogen) atoms. The zero-order chi connectivity index (χ0) is 8.81. The summed E-state index contributed by atoms with van der Waals surface area (Å²) >= 11 is 0. The molecule has 2 aromatic rings. The normalized spacial score (nSPS) is 8.25. The topological polar surface area (TPSA) is 59.8 Å². The van der Waals surface area contributed by atoms with Gasteiger partial charge in [0.2, 0.25) is 0 Å². The van der Waals surface area contributed by atoms with Gasteiger partial charge in [0.15, 0.2) is 0 Å². The molecule has 0 aliphatic rings. The van der Waals surface area contributed by atoms with Gasteiger partial charge in [0, 0.05) is 11.7 Å². The van der Waals surface area contributed by atoms with Crippen molar-refractivity contribution in [2.75, 3.05) is 0 Å². The molecule has 60 valence electrons. The zero-order valence-electron chi connectivity index (χ0n) is 6.36. The molecule has 0 spiro atoms. The summed E-state index contributed by atoms with van der Waals surface area (Å²) in [5, 5.41) is 15.0. The Bertz CT molecular complexity index is 356. The van der Waals surface area contributed by atoms with Gasteiger partial charge in [-0.2, -0.15) is 5.26 Å². The fraction of sp³-hybridized carbons (Fsp3) is 0. The lowest BCUT2D eigenvalue weighted by atomic mass is 10.3. The molecule has 0 aliphatic heterocycles. The molecular weight excluding hydrogens is 152 g/mol. The quantitative estimate of drug-likeness (QED) is 0.579. The van der Waals surface area contributed by atoms with Crippen molar-refractivity contribution in [2.24, 2.45) is 0 Å². The fourth-order valence-electron chi connectivity index (χ4n) is 0.995. The molecule has 1 aromatic carbocycles. The van der Waals surface area contributed by atoms with E-state index in [1.165, 1.54) is 10.9 Å². The van der Waals surface area contributed by atoms with Gasteiger partial charge in [-0.3, -0.25) is 0 Å². The maximum absolute atomic E-state index is 6.88. The van der Waals surface area contributed by atoms with Crippen molar-refractivity contribution in [1.82, 2.24) is 4.98 Å². The van der Waals surface area contributed by atoms with E-state index in [0.29, 0.717) is 0 Å². The Morgan fingerprint density at radius 1 is 1.25 bits per heavy atom. The number of fused-ring (bicyclic) bond motifs is 1. The molecule has 0 atom stereocenters. The molecular formula is C9H8N2O. The molecule has 2 N–H and O–H groups in total. The number of aliphatic hydroxyl groups excluding tert-OH is 1. The van der Waals surface area contributed by atoms with Crippen LogP contribution in [0.5, 0.6) is 0 Å². The average Bonchev–Trinajstić information content (AvgIpc) is 2.52. The van der Waals surface area contributed by atoms with Gasteiger partial charge >= 0.3 is 0 Å². The highest BCUT2D eigenvalue weighted by Gasteiger charge is 1.86. The number of para-hydroxylation sites is 1. The number of nitriles is 1. The molecule has 3 nitrogen and oxygen atoms in total. The van der Waals surface area contributed by atoms with E-state index in [-0.39, 0.29) is 0 Å². The number of rotatable bonds is 0. The molecule has 0 amide bonds. The highest BCUT2D eigenvalue weighted by Crippen LogP contribution is 2.09. The van der Waals surface area contributed by atoms with Crippen LogP contribution in [0.1, 0.15) is 0 Å². The second-order valence-electron chi connectivity index (χ2n) is 2.16. The minimum atomic E-state index is 0.750. The van der Waals surface area contributed by atoms with Gasteiger partial charge in [-0.1, -0.05) is 18.2 Å². The number of hydrogen-bond acceptors (Lipinski definition) is 2. The third-order valence-electron chi connectivity index (χ3n) is 1.46. The number of aromatic amines is 1. The van der Waals surface area contributed by atoms with Crippen molar-refractivity contribution in [3.63, 3.8) is 0 Å². The summed E-state index contributed by atoms with van der Waals surface area (Å²) in [5.41, 5.74) is 1.21. The number of nitrogens with one attached hydrogen (secondary N) is 1. The lowest BCUT2D eigenvalue weighted by molar-refractivity contribution is 0.503. The fourth-order valence-corrected chi connectivity index (χ4v) is 0.995. The Hall–Kier alpha value is -1.95. The molecule has 1 heterocycles. The van der Waals surface area contributed by atoms with Crippen LogP contribution in [-0.4, -0.2) is 10.1 Å². The summed E-state index contributed by atoms with van der Waals surface area (Å²) in [7, 11) is 0. The van der Waals surface area contributed by atoms with Crippen LogP contribution < -0.4 is 0 Å². The maximum atomic E-state index is 6.88. The van der Waals surface area contributed by atoms with Gasteiger partial charge in [-0.05, 0) is 17.5 Å². The Balaban J connectivity index is 0.000000213. The summed E-state index contributed by atoms with van der Waals surface area (Å²) in [6.45, 7) is 0. The summed E-state index contributed by atoms with van der Waals surface area (Å²) in [6, 6.07) is 10.3. The van der Waals surface area contributed by atoms with Crippen LogP contribution in [0.3, 0.4) is 0 Å². The molecule has 2 rings (SSSR count). The molecule has 0 fully saturated rings. The van der Waals surface area contributed by atoms with Gasteiger partial charge in [0.25, 0.3) is 6.26 Å². The van der Waals surface area contributed by atoms with Crippen LogP contribution in [0, 0.1) is 11.5 Å². The van der Waals surface area contributed by atoms with Crippen LogP contribution in [0.15, 0.2) is 36.5 Å². The van der Waals surface area contributed by atoms with E-state index in [0.717, 1.165) is 6.26 Å². The Morgan fingerprint density at radius 3 is 2.58 bits per heavy atom. The van der Waals surface area contributed by atoms with Crippen LogP contribution in [0.25, 0.3) is 10.9 Å². The Kier molecular flexibility index (Phi) is 2.74. The predicted molar refractivity (Wildman–Crippen MR) is 45.8 cm³/mol. The van der Waals surface area contributed by atoms with Crippen molar-refractivity contribution < 1.29 is 5.11 Å². The van der Waals surface area contributed by atoms with E-state index < -0.39 is 0 Å². The highest BCUT2D eigenvalue weighted by atomic mass is 16.2. The van der Waals surface area contributed by atoms with Crippen LogP contribution in [-0.2, 0) is 0 Å². The molecule has 0 bridgehead atoms. The molecule has 1 aromatic heterocycles. The minimum absolute atomic E-state index is 0.750. The van der Waals surface area contributed by atoms with Gasteiger partial charge in [-0.15, -0.1) is 0 Å². The van der Waals surface area contributed by atoms with E-state index in [9.17, 15) is 0 Å². The van der Waals surface area contributed by atoms with Crippen molar-refractivity contribution in [3.05, 3.63) is 36.5 Å². The van der Waals surface area contributed by atoms with Crippen molar-refractivity contribution in [3.8, 4) is 6.26 Å². The summed E-state index contributed by atoms with van der Waals surface area (Å²) in [6.07, 6.45) is 2.70. The Morgan fingerprint density at radius 2 is 1.92 bits per heavy atom. The number of aromatic nitrogens is 1. The Labute approximate surface area is 69.9 Å². The monoisotopic (exact) mass is 160 g/mol. The lowest BCUT2D eigenvalue weighted by Gasteiger charge is -1.83. The molecule has 0 unspecified atom stereocenters. The molecule has 0 saturated carbocycles. The van der Waals surface area contributed by atoms with Gasteiger partial charge in [0.05, 0.1) is 0 Å². The minimum Gasteiger partial charge on any atom is -0.443 e. The van der Waals surface area contributed by atoms with Crippen molar-refractivity contribution in [1.29, 1.82) is 5.26 Å². The van der Waals surface area contributed by atoms with Gasteiger partial charge < -0.3 is 10.1 Å². The molecule has 3 heteroatoms. The third-order valence-corrected chi connectivity index (χ3v) is 1.46. The average molecular weight is 160 g/mol. The van der Waals surface area contributed by atoms with Crippen LogP contribution in [0.2, 0.25) is 0 Å². The molecule has 0 aliphatic carbocycles. The lowest BCUT2D eigenvalue weighted by Crippen LogP contribution is -1.61. The SMILES string of the molecule is N#CO.c1ccc2[nH]ccc2c1. The largest absolute Gasteiger partial charge is 0.443 e. The summed E-state index contributed by atoms with van der Waals surface area (Å²) in [5.74, 6) is 0. The second-order valence-corrected chi connectivity index (χ2v) is 2.16. The second kappa shape index (κ2) is 4.04. The number of aliphatic hydroxyl groups is 1. The predicted octanol–water partition coefficient (Wildman–Crippen LogP) is 2.01. The highest BCUT2D eigenvalue weighted by molar-refractivity contribution is 5.78. The van der Waals surface area contributed by atoms with Crippen LogP contribution in [0.4, 0.5) is 0 Å². The van der Waals surface area contributed by atoms with E-state index in [4.69, 9.17) is 10.4 Å². The van der Waals surface area contributed by atoms with Crippen molar-refractivity contribution >= 4 is 10.9 Å². The first-order chi connectivity index (χ1) is 5.88. The zero-order valence-corrected chi connectivity index (χ0v) is 6.36. The number of nitrogens with zero attached hydrogens (tertiary/aromatic N) is 1. The maximum Gasteiger partial charge on any atom is 0.283 e. The summed E-state index contributed by atoms with van der Waals surface area (Å²) in [4.78, 5) is 3.12. The first kappa shape index (κ1) is 8.15. The van der Waals surface area contributed by atoms with E-state index >= 15 is 0 Å². The molecule has 0 radical (unpaired) electrons. The van der Waals surface area contributed by atoms with E-state index in [2.05, 4.69) is 23.2 Å². The first-order valence-corrected chi connectivity index (χ1v) is 3.44. The summed E-state index contributed by atoms with van der Waals surface area (Å²) < 4.78 is 0. The molecule has 0 saturated heterocycles. The smallest absolute Gasteiger partial charge is 0.283 e. The number of hydrogen-bond donors (Lipinski definition) is 2. The number of H-pyrrole nitrogens is 1. The van der Waals surface area contributed by atoms with Crippen molar-refractivity contribution in [2.45, 2.75) is 0 Å². The van der Waals surface area contributed by atoms with Crippen LogP contribution >= 0.6 is 0 Å². The van der Waals surface area contributed by atoms with Gasteiger partial charge in [-0.25, -0.2) is 0 Å². The van der Waals surface area contributed by atoms with E-state index in [1.54, 1.807) is 0 Å². The third kappa shape index (κ3) is 1.77. The first-order valence-electron chi connectivity index (χ1n) is 3.44. The standard InChI is InChI=1S/C8H7N.CHNO/c1-2-4-8-7(3-1)5-6-9-8;2-1-3/h1-6,9H;3H. The van der Waals surface area contributed by atoms with Gasteiger partial charge in [0.1, 0.15) is 0 Å².